The molecule has 0 amide bonds. The van der Waals surface area contributed by atoms with Crippen molar-refractivity contribution in [2.45, 2.75) is 25.4 Å². The lowest BCUT2D eigenvalue weighted by Crippen LogP contribution is -2.36. The average Bonchev–Trinajstić information content (AvgIpc) is 2.83. The number of benzene rings is 1. The summed E-state index contributed by atoms with van der Waals surface area (Å²) in [5.41, 5.74) is 1.10. The van der Waals surface area contributed by atoms with Gasteiger partial charge in [0.25, 0.3) is 0 Å². The molecule has 2 aromatic rings. The van der Waals surface area contributed by atoms with Crippen LogP contribution in [0.1, 0.15) is 12.8 Å². The second-order valence-corrected chi connectivity index (χ2v) is 5.03. The second kappa shape index (κ2) is 5.85. The second-order valence-electron chi connectivity index (χ2n) is 5.03. The maximum atomic E-state index is 13.3. The van der Waals surface area contributed by atoms with Gasteiger partial charge in [0.15, 0.2) is 11.6 Å². The number of nitrogens with zero attached hydrogens (tertiary/aromatic N) is 2. The molecule has 1 aliphatic heterocycles. The van der Waals surface area contributed by atoms with E-state index in [1.54, 1.807) is 6.33 Å². The van der Waals surface area contributed by atoms with E-state index in [0.29, 0.717) is 23.6 Å². The SMILES string of the molecule is Fc1cc2ncn(CCNC3CCOCC3)c2cc1F. The van der Waals surface area contributed by atoms with E-state index in [1.807, 2.05) is 4.57 Å². The van der Waals surface area contributed by atoms with Crippen LogP contribution in [0.25, 0.3) is 11.0 Å². The molecule has 6 heteroatoms. The quantitative estimate of drug-likeness (QED) is 0.932. The molecular weight excluding hydrogens is 264 g/mol. The van der Waals surface area contributed by atoms with Gasteiger partial charge in [-0.25, -0.2) is 13.8 Å². The van der Waals surface area contributed by atoms with Crippen LogP contribution in [0.4, 0.5) is 8.78 Å². The molecule has 108 valence electrons. The van der Waals surface area contributed by atoms with Crippen molar-refractivity contribution in [1.82, 2.24) is 14.9 Å². The number of ether oxygens (including phenoxy) is 1. The molecule has 2 heterocycles. The molecule has 0 spiro atoms. The predicted octanol–water partition coefficient (Wildman–Crippen LogP) is 2.08. The molecule has 1 aromatic carbocycles. The standard InChI is InChI=1S/C14H17F2N3O/c15-11-7-13-14(8-12(11)16)19(9-18-13)4-3-17-10-1-5-20-6-2-10/h7-10,17H,1-6H2. The summed E-state index contributed by atoms with van der Waals surface area (Å²) in [4.78, 5) is 4.09. The number of hydrogen-bond donors (Lipinski definition) is 1. The Kier molecular flexibility index (Phi) is 3.93. The first-order chi connectivity index (χ1) is 9.74. The lowest BCUT2D eigenvalue weighted by molar-refractivity contribution is 0.0779. The highest BCUT2D eigenvalue weighted by atomic mass is 19.2. The van der Waals surface area contributed by atoms with Crippen LogP contribution in [-0.4, -0.2) is 35.4 Å². The Morgan fingerprint density at radius 2 is 2.00 bits per heavy atom. The highest BCUT2D eigenvalue weighted by molar-refractivity contribution is 5.75. The molecule has 1 saturated heterocycles. The number of nitrogens with one attached hydrogen (secondary N) is 1. The minimum atomic E-state index is -0.858. The zero-order valence-electron chi connectivity index (χ0n) is 11.1. The fourth-order valence-electron chi connectivity index (χ4n) is 2.52. The molecule has 3 rings (SSSR count). The molecule has 1 aromatic heterocycles. The van der Waals surface area contributed by atoms with E-state index in [1.165, 1.54) is 6.07 Å². The van der Waals surface area contributed by atoms with Crippen molar-refractivity contribution >= 4 is 11.0 Å². The number of rotatable bonds is 4. The number of imidazole rings is 1. The van der Waals surface area contributed by atoms with Crippen molar-refractivity contribution in [3.63, 3.8) is 0 Å². The molecule has 0 bridgehead atoms. The Morgan fingerprint density at radius 3 is 2.80 bits per heavy atom. The van der Waals surface area contributed by atoms with Crippen LogP contribution < -0.4 is 5.32 Å². The average molecular weight is 281 g/mol. The van der Waals surface area contributed by atoms with Crippen molar-refractivity contribution < 1.29 is 13.5 Å². The third kappa shape index (κ3) is 2.81. The summed E-state index contributed by atoms with van der Waals surface area (Å²) >= 11 is 0. The minimum absolute atomic E-state index is 0.479. The van der Waals surface area contributed by atoms with Crippen LogP contribution in [0.2, 0.25) is 0 Å². The van der Waals surface area contributed by atoms with Crippen molar-refractivity contribution in [2.75, 3.05) is 19.8 Å². The summed E-state index contributed by atoms with van der Waals surface area (Å²) in [6.45, 7) is 3.06. The Bertz CT molecular complexity index is 593. The molecule has 1 fully saturated rings. The zero-order chi connectivity index (χ0) is 13.9. The lowest BCUT2D eigenvalue weighted by atomic mass is 10.1. The summed E-state index contributed by atoms with van der Waals surface area (Å²) in [5.74, 6) is -1.69. The number of fused-ring (bicyclic) bond motifs is 1. The Hall–Kier alpha value is -1.53. The van der Waals surface area contributed by atoms with Gasteiger partial charge in [-0.3, -0.25) is 0 Å². The van der Waals surface area contributed by atoms with Crippen LogP contribution in [0, 0.1) is 11.6 Å². The van der Waals surface area contributed by atoms with Gasteiger partial charge < -0.3 is 14.6 Å². The Balaban J connectivity index is 1.64. The number of aromatic nitrogens is 2. The Labute approximate surface area is 115 Å². The largest absolute Gasteiger partial charge is 0.381 e. The molecule has 0 atom stereocenters. The molecule has 0 saturated carbocycles. The summed E-state index contributed by atoms with van der Waals surface area (Å²) in [6.07, 6.45) is 3.66. The lowest BCUT2D eigenvalue weighted by Gasteiger charge is -2.23. The van der Waals surface area contributed by atoms with Crippen molar-refractivity contribution in [3.8, 4) is 0 Å². The van der Waals surface area contributed by atoms with Gasteiger partial charge in [-0.05, 0) is 12.8 Å². The summed E-state index contributed by atoms with van der Waals surface area (Å²) in [5, 5.41) is 3.45. The van der Waals surface area contributed by atoms with E-state index in [2.05, 4.69) is 10.3 Å². The predicted molar refractivity (Wildman–Crippen MR) is 71.5 cm³/mol. The van der Waals surface area contributed by atoms with Crippen molar-refractivity contribution in [2.24, 2.45) is 0 Å². The maximum Gasteiger partial charge on any atom is 0.161 e. The van der Waals surface area contributed by atoms with Gasteiger partial charge in [0, 0.05) is 44.5 Å². The van der Waals surface area contributed by atoms with E-state index in [0.717, 1.165) is 38.7 Å². The van der Waals surface area contributed by atoms with E-state index in [4.69, 9.17) is 4.74 Å². The van der Waals surface area contributed by atoms with Gasteiger partial charge in [0.05, 0.1) is 17.4 Å². The molecular formula is C14H17F2N3O. The van der Waals surface area contributed by atoms with E-state index >= 15 is 0 Å². The van der Waals surface area contributed by atoms with E-state index in [9.17, 15) is 8.78 Å². The fourth-order valence-corrected chi connectivity index (χ4v) is 2.52. The number of hydrogen-bond acceptors (Lipinski definition) is 3. The normalized spacial score (nSPS) is 16.9. The van der Waals surface area contributed by atoms with Gasteiger partial charge in [-0.1, -0.05) is 0 Å². The first-order valence-corrected chi connectivity index (χ1v) is 6.85. The van der Waals surface area contributed by atoms with E-state index in [-0.39, 0.29) is 0 Å². The fraction of sp³-hybridized carbons (Fsp3) is 0.500. The first kappa shape index (κ1) is 13.5. The van der Waals surface area contributed by atoms with Crippen molar-refractivity contribution in [3.05, 3.63) is 30.1 Å². The highest BCUT2D eigenvalue weighted by Gasteiger charge is 2.13. The minimum Gasteiger partial charge on any atom is -0.381 e. The van der Waals surface area contributed by atoms with Crippen LogP contribution in [-0.2, 0) is 11.3 Å². The van der Waals surface area contributed by atoms with Gasteiger partial charge >= 0.3 is 0 Å². The first-order valence-electron chi connectivity index (χ1n) is 6.85. The summed E-state index contributed by atoms with van der Waals surface area (Å²) < 4.78 is 33.5. The maximum absolute atomic E-state index is 13.3. The van der Waals surface area contributed by atoms with Crippen LogP contribution in [0.3, 0.4) is 0 Å². The molecule has 0 radical (unpaired) electrons. The molecule has 0 aliphatic carbocycles. The Morgan fingerprint density at radius 1 is 1.25 bits per heavy atom. The number of halogens is 2. The summed E-state index contributed by atoms with van der Waals surface area (Å²) in [6, 6.07) is 2.81. The summed E-state index contributed by atoms with van der Waals surface area (Å²) in [7, 11) is 0. The highest BCUT2D eigenvalue weighted by Crippen LogP contribution is 2.17. The van der Waals surface area contributed by atoms with Crippen LogP contribution >= 0.6 is 0 Å². The smallest absolute Gasteiger partial charge is 0.161 e. The van der Waals surface area contributed by atoms with Gasteiger partial charge in [-0.15, -0.1) is 0 Å². The molecule has 0 unspecified atom stereocenters. The molecule has 20 heavy (non-hydrogen) atoms. The van der Waals surface area contributed by atoms with Gasteiger partial charge in [0.1, 0.15) is 0 Å². The zero-order valence-corrected chi connectivity index (χ0v) is 11.1. The molecule has 1 N–H and O–H groups in total. The van der Waals surface area contributed by atoms with E-state index < -0.39 is 11.6 Å². The monoisotopic (exact) mass is 281 g/mol. The third-order valence-electron chi connectivity index (χ3n) is 3.67. The van der Waals surface area contributed by atoms with Gasteiger partial charge in [0.2, 0.25) is 0 Å². The molecule has 4 nitrogen and oxygen atoms in total. The molecule has 1 aliphatic rings. The third-order valence-corrected chi connectivity index (χ3v) is 3.67. The van der Waals surface area contributed by atoms with Gasteiger partial charge in [-0.2, -0.15) is 0 Å². The topological polar surface area (TPSA) is 39.1 Å². The van der Waals surface area contributed by atoms with Crippen molar-refractivity contribution in [1.29, 1.82) is 0 Å². The van der Waals surface area contributed by atoms with Crippen LogP contribution in [0.15, 0.2) is 18.5 Å². The van der Waals surface area contributed by atoms with Crippen LogP contribution in [0.5, 0.6) is 0 Å².